The van der Waals surface area contributed by atoms with Crippen LogP contribution in [-0.4, -0.2) is 36.9 Å². The van der Waals surface area contributed by atoms with Gasteiger partial charge in [-0.1, -0.05) is 30.3 Å². The van der Waals surface area contributed by atoms with E-state index in [-0.39, 0.29) is 23.1 Å². The average molecular weight is 486 g/mol. The fraction of sp³-hybridized carbons (Fsp3) is 0.333. The van der Waals surface area contributed by atoms with Crippen LogP contribution in [0.5, 0.6) is 0 Å². The Kier molecular flexibility index (Phi) is 7.11. The lowest BCUT2D eigenvalue weighted by atomic mass is 9.98. The molecule has 0 radical (unpaired) electrons. The summed E-state index contributed by atoms with van der Waals surface area (Å²) in [6, 6.07) is 11.6. The zero-order valence-electron chi connectivity index (χ0n) is 18.7. The molecule has 1 N–H and O–H groups in total. The molecule has 1 aliphatic heterocycles. The summed E-state index contributed by atoms with van der Waals surface area (Å²) in [5, 5.41) is 8.77. The van der Waals surface area contributed by atoms with Crippen molar-refractivity contribution in [3.05, 3.63) is 63.7 Å². The molecule has 0 aliphatic carbocycles. The number of sulfonamides is 1. The molecule has 0 saturated carbocycles. The maximum Gasteiger partial charge on any atom is 0.248 e. The molecule has 0 unspecified atom stereocenters. The van der Waals surface area contributed by atoms with Crippen molar-refractivity contribution in [3.63, 3.8) is 0 Å². The number of aromatic nitrogens is 1. The number of nitrogens with zero attached hydrogens (tertiary/aromatic N) is 2. The first-order valence-corrected chi connectivity index (χ1v) is 13.3. The summed E-state index contributed by atoms with van der Waals surface area (Å²) < 4.78 is 33.7. The molecule has 33 heavy (non-hydrogen) atoms. The van der Waals surface area contributed by atoms with Crippen molar-refractivity contribution in [2.24, 2.45) is 5.92 Å². The molecule has 0 spiro atoms. The maximum atomic E-state index is 13.5. The van der Waals surface area contributed by atoms with Gasteiger partial charge in [0.05, 0.1) is 5.92 Å². The smallest absolute Gasteiger partial charge is 0.248 e. The van der Waals surface area contributed by atoms with Crippen LogP contribution in [0.4, 0.5) is 5.69 Å². The van der Waals surface area contributed by atoms with Crippen LogP contribution in [0.15, 0.2) is 51.2 Å². The van der Waals surface area contributed by atoms with Crippen LogP contribution in [-0.2, 0) is 21.2 Å². The molecule has 1 amide bonds. The molecule has 3 aromatic rings. The predicted molar refractivity (Wildman–Crippen MR) is 130 cm³/mol. The van der Waals surface area contributed by atoms with Gasteiger partial charge in [-0.3, -0.25) is 4.79 Å². The van der Waals surface area contributed by atoms with Gasteiger partial charge in [-0.15, -0.1) is 11.3 Å². The Morgan fingerprint density at radius 1 is 1.27 bits per heavy atom. The Morgan fingerprint density at radius 3 is 2.76 bits per heavy atom. The van der Waals surface area contributed by atoms with Crippen LogP contribution >= 0.6 is 11.3 Å². The Hall–Kier alpha value is -2.75. The van der Waals surface area contributed by atoms with E-state index in [4.69, 9.17) is 4.52 Å². The first-order chi connectivity index (χ1) is 15.9. The Morgan fingerprint density at radius 2 is 2.06 bits per heavy atom. The number of aryl methyl sites for hydroxylation is 2. The van der Waals surface area contributed by atoms with Crippen LogP contribution in [0.1, 0.15) is 41.7 Å². The second-order valence-electron chi connectivity index (χ2n) is 8.05. The highest BCUT2D eigenvalue weighted by molar-refractivity contribution is 7.89. The number of benzene rings is 1. The van der Waals surface area contributed by atoms with E-state index < -0.39 is 15.9 Å². The minimum absolute atomic E-state index is 0.0616. The fourth-order valence-electron chi connectivity index (χ4n) is 3.91. The lowest BCUT2D eigenvalue weighted by Gasteiger charge is -2.31. The first kappa shape index (κ1) is 23.4. The molecule has 9 heteroatoms. The van der Waals surface area contributed by atoms with E-state index in [1.54, 1.807) is 30.4 Å². The fourth-order valence-corrected chi connectivity index (χ4v) is 6.31. The second-order valence-corrected chi connectivity index (χ2v) is 10.9. The molecule has 1 atom stereocenters. The highest BCUT2D eigenvalue weighted by Gasteiger charge is 2.37. The zero-order valence-corrected chi connectivity index (χ0v) is 20.3. The van der Waals surface area contributed by atoms with Gasteiger partial charge < -0.3 is 9.84 Å². The third kappa shape index (κ3) is 5.26. The second kappa shape index (κ2) is 10.0. The van der Waals surface area contributed by atoms with Gasteiger partial charge in [0, 0.05) is 23.7 Å². The number of thiophene rings is 1. The molecular weight excluding hydrogens is 458 g/mol. The first-order valence-electron chi connectivity index (χ1n) is 11.0. The normalized spacial score (nSPS) is 17.5. The minimum atomic E-state index is -3.87. The van der Waals surface area contributed by atoms with Gasteiger partial charge in [-0.05, 0) is 67.5 Å². The minimum Gasteiger partial charge on any atom is -0.355 e. The van der Waals surface area contributed by atoms with Gasteiger partial charge in [-0.25, -0.2) is 8.42 Å². The summed E-state index contributed by atoms with van der Waals surface area (Å²) in [5.74, 6) is -0.396. The summed E-state index contributed by atoms with van der Waals surface area (Å²) in [6.07, 6.45) is 5.61. The topological polar surface area (TPSA) is 92.5 Å². The quantitative estimate of drug-likeness (QED) is 0.518. The summed E-state index contributed by atoms with van der Waals surface area (Å²) in [7, 11) is -3.87. The number of hydrogen-bond donors (Lipinski definition) is 1. The van der Waals surface area contributed by atoms with Crippen LogP contribution < -0.4 is 5.32 Å². The molecular formula is C24H27N3O4S2. The summed E-state index contributed by atoms with van der Waals surface area (Å²) >= 11 is 1.54. The molecule has 1 fully saturated rings. The third-order valence-electron chi connectivity index (χ3n) is 5.76. The molecule has 1 aromatic carbocycles. The van der Waals surface area contributed by atoms with E-state index in [9.17, 15) is 13.2 Å². The lowest BCUT2D eigenvalue weighted by molar-refractivity contribution is -0.120. The van der Waals surface area contributed by atoms with Crippen LogP contribution in [0.3, 0.4) is 0 Å². The number of rotatable bonds is 7. The van der Waals surface area contributed by atoms with Gasteiger partial charge in [-0.2, -0.15) is 4.31 Å². The molecule has 4 rings (SSSR count). The number of carbonyl (C=O) groups is 1. The van der Waals surface area contributed by atoms with Gasteiger partial charge in [0.25, 0.3) is 0 Å². The summed E-state index contributed by atoms with van der Waals surface area (Å²) in [4.78, 5) is 13.9. The van der Waals surface area contributed by atoms with E-state index in [0.717, 1.165) is 11.3 Å². The number of amides is 1. The van der Waals surface area contributed by atoms with Crippen molar-refractivity contribution in [1.29, 1.82) is 0 Å². The largest absolute Gasteiger partial charge is 0.355 e. The van der Waals surface area contributed by atoms with E-state index in [0.29, 0.717) is 30.8 Å². The van der Waals surface area contributed by atoms with Gasteiger partial charge in [0.1, 0.15) is 5.69 Å². The van der Waals surface area contributed by atoms with E-state index in [1.165, 1.54) is 9.87 Å². The van der Waals surface area contributed by atoms with E-state index in [2.05, 4.69) is 17.4 Å². The molecule has 1 aliphatic rings. The standard InChI is InChI=1S/C24H27N3O4S2/c1-3-18-8-10-20(11-9-18)25-24(28)19-6-4-14-27(16-19)33(29,30)23-17(2)26-31-22(23)13-12-21-7-5-15-32-21/h5,7-13,15,19H,3-4,6,14,16H2,1-2H3,(H,25,28)/b13-12+/t19-/m0/s1. The summed E-state index contributed by atoms with van der Waals surface area (Å²) in [5.41, 5.74) is 2.22. The SMILES string of the molecule is CCc1ccc(NC(=O)[C@H]2CCCN(S(=O)(=O)c3c(C)noc3/C=C/c3cccs3)C2)cc1. The summed E-state index contributed by atoms with van der Waals surface area (Å²) in [6.45, 7) is 4.17. The molecule has 7 nitrogen and oxygen atoms in total. The molecule has 174 valence electrons. The predicted octanol–water partition coefficient (Wildman–Crippen LogP) is 4.82. The third-order valence-corrected chi connectivity index (χ3v) is 8.62. The molecule has 1 saturated heterocycles. The van der Waals surface area contributed by atoms with Gasteiger partial charge >= 0.3 is 0 Å². The maximum absolute atomic E-state index is 13.5. The molecule has 2 aromatic heterocycles. The average Bonchev–Trinajstić information content (AvgIpc) is 3.48. The van der Waals surface area contributed by atoms with Crippen LogP contribution in [0, 0.1) is 12.8 Å². The van der Waals surface area contributed by atoms with Crippen molar-refractivity contribution >= 4 is 45.1 Å². The highest BCUT2D eigenvalue weighted by atomic mass is 32.2. The van der Waals surface area contributed by atoms with Gasteiger partial charge in [0.2, 0.25) is 15.9 Å². The van der Waals surface area contributed by atoms with E-state index >= 15 is 0 Å². The van der Waals surface area contributed by atoms with Crippen molar-refractivity contribution in [1.82, 2.24) is 9.46 Å². The zero-order chi connectivity index (χ0) is 23.4. The Balaban J connectivity index is 1.50. The Bertz CT molecular complexity index is 1230. The van der Waals surface area contributed by atoms with Crippen LogP contribution in [0.2, 0.25) is 0 Å². The Labute approximate surface area is 198 Å². The molecule has 3 heterocycles. The number of nitrogens with one attached hydrogen (secondary N) is 1. The van der Waals surface area contributed by atoms with Crippen molar-refractivity contribution in [2.75, 3.05) is 18.4 Å². The number of hydrogen-bond acceptors (Lipinski definition) is 6. The van der Waals surface area contributed by atoms with Crippen LogP contribution in [0.25, 0.3) is 12.2 Å². The number of piperidine rings is 1. The number of anilines is 1. The lowest BCUT2D eigenvalue weighted by Crippen LogP contribution is -2.43. The highest BCUT2D eigenvalue weighted by Crippen LogP contribution is 2.30. The van der Waals surface area contributed by atoms with Crippen molar-refractivity contribution < 1.29 is 17.7 Å². The number of carbonyl (C=O) groups excluding carboxylic acids is 1. The van der Waals surface area contributed by atoms with Crippen molar-refractivity contribution in [3.8, 4) is 0 Å². The van der Waals surface area contributed by atoms with E-state index in [1.807, 2.05) is 41.8 Å². The van der Waals surface area contributed by atoms with Gasteiger partial charge in [0.15, 0.2) is 10.7 Å². The van der Waals surface area contributed by atoms with Crippen molar-refractivity contribution in [2.45, 2.75) is 38.0 Å². The molecule has 0 bridgehead atoms. The monoisotopic (exact) mass is 485 g/mol.